The Kier molecular flexibility index (Phi) is 4.94. The van der Waals surface area contributed by atoms with Gasteiger partial charge in [0, 0.05) is 13.3 Å². The smallest absolute Gasteiger partial charge is 0.107 e. The molecule has 0 radical (unpaired) electrons. The predicted octanol–water partition coefficient (Wildman–Crippen LogP) is 2.56. The van der Waals surface area contributed by atoms with Gasteiger partial charge >= 0.3 is 0 Å². The molecule has 2 rings (SSSR count). The van der Waals surface area contributed by atoms with Gasteiger partial charge in [0.1, 0.15) is 4.99 Å². The quantitative estimate of drug-likeness (QED) is 0.803. The van der Waals surface area contributed by atoms with Crippen LogP contribution in [-0.2, 0) is 11.3 Å². The summed E-state index contributed by atoms with van der Waals surface area (Å²) in [6, 6.07) is 5.46. The molecule has 1 aromatic heterocycles. The average Bonchev–Trinajstić information content (AvgIpc) is 2.83. The number of aromatic nitrogens is 2. The Labute approximate surface area is 127 Å². The Balaban J connectivity index is 2.20. The van der Waals surface area contributed by atoms with Gasteiger partial charge in [-0.15, -0.1) is 0 Å². The van der Waals surface area contributed by atoms with E-state index >= 15 is 0 Å². The number of anilines is 2. The molecular weight excluding hydrogens is 296 g/mol. The van der Waals surface area contributed by atoms with Crippen LogP contribution < -0.4 is 11.1 Å². The minimum atomic E-state index is 0.255. The average molecular weight is 311 g/mol. The van der Waals surface area contributed by atoms with Crippen molar-refractivity contribution in [1.82, 2.24) is 9.78 Å². The number of halogens is 1. The van der Waals surface area contributed by atoms with Crippen LogP contribution >= 0.6 is 23.8 Å². The zero-order valence-electron chi connectivity index (χ0n) is 11.0. The third-order valence-electron chi connectivity index (χ3n) is 2.70. The summed E-state index contributed by atoms with van der Waals surface area (Å²) < 4.78 is 6.80. The van der Waals surface area contributed by atoms with Crippen molar-refractivity contribution in [3.8, 4) is 0 Å². The molecule has 3 N–H and O–H groups in total. The van der Waals surface area contributed by atoms with Gasteiger partial charge in [-0.2, -0.15) is 5.10 Å². The number of benzene rings is 1. The van der Waals surface area contributed by atoms with Crippen LogP contribution in [0, 0.1) is 0 Å². The van der Waals surface area contributed by atoms with E-state index in [2.05, 4.69) is 10.4 Å². The number of rotatable bonds is 6. The van der Waals surface area contributed by atoms with Gasteiger partial charge in [0.25, 0.3) is 0 Å². The molecule has 5 nitrogen and oxygen atoms in total. The highest BCUT2D eigenvalue weighted by molar-refractivity contribution is 7.80. The van der Waals surface area contributed by atoms with E-state index in [0.717, 1.165) is 11.4 Å². The Bertz CT molecular complexity index is 614. The van der Waals surface area contributed by atoms with Gasteiger partial charge < -0.3 is 15.8 Å². The summed E-state index contributed by atoms with van der Waals surface area (Å²) in [7, 11) is 1.66. The van der Waals surface area contributed by atoms with E-state index in [1.54, 1.807) is 24.1 Å². The fourth-order valence-electron chi connectivity index (χ4n) is 1.77. The lowest BCUT2D eigenvalue weighted by atomic mass is 10.1. The van der Waals surface area contributed by atoms with Crippen molar-refractivity contribution in [3.05, 3.63) is 41.2 Å². The number of ether oxygens (including phenoxy) is 1. The largest absolute Gasteiger partial charge is 0.389 e. The second-order valence-electron chi connectivity index (χ2n) is 4.14. The van der Waals surface area contributed by atoms with Crippen LogP contribution in [0.3, 0.4) is 0 Å². The number of thiocarbonyl (C=S) groups is 1. The van der Waals surface area contributed by atoms with E-state index in [9.17, 15) is 0 Å². The molecule has 0 atom stereocenters. The van der Waals surface area contributed by atoms with Crippen LogP contribution in [0.4, 0.5) is 11.4 Å². The van der Waals surface area contributed by atoms with Gasteiger partial charge in [0.2, 0.25) is 0 Å². The number of hydrogen-bond donors (Lipinski definition) is 2. The fourth-order valence-corrected chi connectivity index (χ4v) is 2.32. The maximum atomic E-state index is 6.12. The SMILES string of the molecule is COCCn1cc(Nc2cccc(Cl)c2C(N)=S)cn1. The maximum Gasteiger partial charge on any atom is 0.107 e. The predicted molar refractivity (Wildman–Crippen MR) is 84.7 cm³/mol. The van der Waals surface area contributed by atoms with Gasteiger partial charge in [-0.25, -0.2) is 0 Å². The summed E-state index contributed by atoms with van der Waals surface area (Å²) in [5, 5.41) is 7.96. The van der Waals surface area contributed by atoms with Gasteiger partial charge in [-0.05, 0) is 12.1 Å². The number of nitrogens with one attached hydrogen (secondary N) is 1. The maximum absolute atomic E-state index is 6.12. The summed E-state index contributed by atoms with van der Waals surface area (Å²) in [5.74, 6) is 0. The standard InChI is InChI=1S/C13H15ClN4OS/c1-19-6-5-18-8-9(7-16-18)17-11-4-2-3-10(14)12(11)13(15)20/h2-4,7-8,17H,5-6H2,1H3,(H2,15,20). The van der Waals surface area contributed by atoms with E-state index in [-0.39, 0.29) is 4.99 Å². The van der Waals surface area contributed by atoms with Crippen LogP contribution in [0.5, 0.6) is 0 Å². The molecule has 1 aromatic carbocycles. The monoisotopic (exact) mass is 310 g/mol. The van der Waals surface area contributed by atoms with Gasteiger partial charge in [0.15, 0.2) is 0 Å². The zero-order valence-corrected chi connectivity index (χ0v) is 12.5. The molecule has 106 valence electrons. The third-order valence-corrected chi connectivity index (χ3v) is 3.22. The van der Waals surface area contributed by atoms with Crippen molar-refractivity contribution in [3.63, 3.8) is 0 Å². The van der Waals surface area contributed by atoms with Crippen LogP contribution in [0.15, 0.2) is 30.6 Å². The van der Waals surface area contributed by atoms with Crippen molar-refractivity contribution in [2.75, 3.05) is 19.0 Å². The van der Waals surface area contributed by atoms with Crippen molar-refractivity contribution in [1.29, 1.82) is 0 Å². The highest BCUT2D eigenvalue weighted by atomic mass is 35.5. The molecule has 7 heteroatoms. The van der Waals surface area contributed by atoms with E-state index < -0.39 is 0 Å². The first-order valence-corrected chi connectivity index (χ1v) is 6.77. The molecule has 2 aromatic rings. The van der Waals surface area contributed by atoms with Gasteiger partial charge in [-0.3, -0.25) is 4.68 Å². The van der Waals surface area contributed by atoms with Crippen molar-refractivity contribution < 1.29 is 4.74 Å². The first-order chi connectivity index (χ1) is 9.61. The highest BCUT2D eigenvalue weighted by Crippen LogP contribution is 2.26. The van der Waals surface area contributed by atoms with Crippen LogP contribution in [0.25, 0.3) is 0 Å². The molecule has 0 amide bonds. The topological polar surface area (TPSA) is 65.1 Å². The number of hydrogen-bond acceptors (Lipinski definition) is 4. The first-order valence-electron chi connectivity index (χ1n) is 5.98. The summed E-state index contributed by atoms with van der Waals surface area (Å²) in [6.07, 6.45) is 3.60. The summed E-state index contributed by atoms with van der Waals surface area (Å²) in [4.78, 5) is 0.255. The molecule has 0 aliphatic carbocycles. The Hall–Kier alpha value is -1.63. The minimum absolute atomic E-state index is 0.255. The van der Waals surface area contributed by atoms with E-state index in [0.29, 0.717) is 23.7 Å². The Morgan fingerprint density at radius 3 is 3.05 bits per heavy atom. The summed E-state index contributed by atoms with van der Waals surface area (Å²) in [5.41, 5.74) is 7.94. The lowest BCUT2D eigenvalue weighted by Crippen LogP contribution is -2.12. The molecule has 20 heavy (non-hydrogen) atoms. The third kappa shape index (κ3) is 3.47. The van der Waals surface area contributed by atoms with Crippen molar-refractivity contribution in [2.45, 2.75) is 6.54 Å². The highest BCUT2D eigenvalue weighted by Gasteiger charge is 2.10. The number of nitrogens with zero attached hydrogens (tertiary/aromatic N) is 2. The van der Waals surface area contributed by atoms with Crippen molar-refractivity contribution in [2.24, 2.45) is 5.73 Å². The second-order valence-corrected chi connectivity index (χ2v) is 4.98. The molecule has 0 aliphatic rings. The Morgan fingerprint density at radius 2 is 2.35 bits per heavy atom. The van der Waals surface area contributed by atoms with Crippen LogP contribution in [0.1, 0.15) is 5.56 Å². The molecular formula is C13H15ClN4OS. The normalized spacial score (nSPS) is 10.5. The van der Waals surface area contributed by atoms with Crippen molar-refractivity contribution >= 4 is 40.2 Å². The van der Waals surface area contributed by atoms with E-state index in [1.807, 2.05) is 18.3 Å². The number of nitrogens with two attached hydrogens (primary N) is 1. The lowest BCUT2D eigenvalue weighted by Gasteiger charge is -2.11. The Morgan fingerprint density at radius 1 is 1.55 bits per heavy atom. The molecule has 0 bridgehead atoms. The van der Waals surface area contributed by atoms with Gasteiger partial charge in [0.05, 0.1) is 41.3 Å². The summed E-state index contributed by atoms with van der Waals surface area (Å²) in [6.45, 7) is 1.30. The van der Waals surface area contributed by atoms with E-state index in [4.69, 9.17) is 34.3 Å². The molecule has 0 unspecified atom stereocenters. The minimum Gasteiger partial charge on any atom is -0.389 e. The summed E-state index contributed by atoms with van der Waals surface area (Å²) >= 11 is 11.2. The molecule has 0 fully saturated rings. The molecule has 0 spiro atoms. The zero-order chi connectivity index (χ0) is 14.5. The van der Waals surface area contributed by atoms with Gasteiger partial charge in [-0.1, -0.05) is 29.9 Å². The molecule has 0 saturated heterocycles. The molecule has 1 heterocycles. The second kappa shape index (κ2) is 6.69. The molecule has 0 aliphatic heterocycles. The molecule has 0 saturated carbocycles. The first kappa shape index (κ1) is 14.8. The lowest BCUT2D eigenvalue weighted by molar-refractivity contribution is 0.183. The number of methoxy groups -OCH3 is 1. The fraction of sp³-hybridized carbons (Fsp3) is 0.231. The van der Waals surface area contributed by atoms with Crippen LogP contribution in [-0.4, -0.2) is 28.5 Å². The van der Waals surface area contributed by atoms with Crippen LogP contribution in [0.2, 0.25) is 5.02 Å². The van der Waals surface area contributed by atoms with E-state index in [1.165, 1.54) is 0 Å².